The number of halogens is 2. The average molecular weight is 438 g/mol. The molecule has 1 aromatic carbocycles. The lowest BCUT2D eigenvalue weighted by molar-refractivity contribution is -0.158. The highest BCUT2D eigenvalue weighted by molar-refractivity contribution is 7.97. The van der Waals surface area contributed by atoms with Crippen LogP contribution in [-0.4, -0.2) is 42.7 Å². The first-order valence-corrected chi connectivity index (χ1v) is 11.3. The third-order valence-corrected chi connectivity index (χ3v) is 5.85. The van der Waals surface area contributed by atoms with E-state index >= 15 is 0 Å². The Morgan fingerprint density at radius 3 is 2.77 bits per heavy atom. The fourth-order valence-corrected chi connectivity index (χ4v) is 4.31. The number of benzene rings is 1. The van der Waals surface area contributed by atoms with Crippen LogP contribution < -0.4 is 0 Å². The lowest BCUT2D eigenvalue weighted by Gasteiger charge is -2.40. The molecule has 0 radical (unpaired) electrons. The zero-order chi connectivity index (χ0) is 21.7. The Morgan fingerprint density at radius 1 is 1.27 bits per heavy atom. The van der Waals surface area contributed by atoms with Crippen molar-refractivity contribution in [3.05, 3.63) is 59.1 Å². The van der Waals surface area contributed by atoms with Gasteiger partial charge in [-0.1, -0.05) is 6.07 Å². The molecule has 1 aliphatic rings. The number of carbonyl (C=O) groups excluding carboxylic acids is 2. The van der Waals surface area contributed by atoms with Crippen LogP contribution in [0.4, 0.5) is 8.78 Å². The summed E-state index contributed by atoms with van der Waals surface area (Å²) in [5.41, 5.74) is -0.879. The molecule has 1 amide bonds. The zero-order valence-electron chi connectivity index (χ0n) is 17.1. The predicted octanol–water partition coefficient (Wildman–Crippen LogP) is 4.45. The van der Waals surface area contributed by atoms with Crippen LogP contribution in [0.25, 0.3) is 0 Å². The van der Waals surface area contributed by atoms with Gasteiger partial charge in [-0.05, 0) is 56.2 Å². The number of hydrogen-bond acceptors (Lipinski definition) is 5. The maximum absolute atomic E-state index is 14.3. The molecule has 1 aromatic heterocycles. The first-order chi connectivity index (χ1) is 14.4. The molecule has 1 atom stereocenters. The summed E-state index contributed by atoms with van der Waals surface area (Å²) < 4.78 is 38.6. The lowest BCUT2D eigenvalue weighted by atomic mass is 9.75. The van der Waals surface area contributed by atoms with Gasteiger partial charge in [-0.15, -0.1) is 0 Å². The molecule has 0 unspecified atom stereocenters. The molecule has 1 aliphatic heterocycles. The molecular weight excluding hydrogens is 412 g/mol. The van der Waals surface area contributed by atoms with Crippen molar-refractivity contribution < 1.29 is 27.5 Å². The summed E-state index contributed by atoms with van der Waals surface area (Å²) in [6.07, 6.45) is 2.97. The molecular formula is C22H25F2NO4S. The van der Waals surface area contributed by atoms with Crippen molar-refractivity contribution in [3.63, 3.8) is 0 Å². The molecule has 8 heteroatoms. The number of likely N-dealkylation sites (tertiary alicyclic amines) is 1. The fraction of sp³-hybridized carbons (Fsp3) is 0.455. The smallest absolute Gasteiger partial charge is 0.314 e. The van der Waals surface area contributed by atoms with E-state index in [2.05, 4.69) is 0 Å². The van der Waals surface area contributed by atoms with Crippen LogP contribution in [0.15, 0.2) is 34.7 Å². The quantitative estimate of drug-likeness (QED) is 0.599. The predicted molar refractivity (Wildman–Crippen MR) is 110 cm³/mol. The highest BCUT2D eigenvalue weighted by Gasteiger charge is 2.45. The van der Waals surface area contributed by atoms with Crippen LogP contribution in [-0.2, 0) is 21.7 Å². The van der Waals surface area contributed by atoms with Crippen LogP contribution in [0.3, 0.4) is 0 Å². The summed E-state index contributed by atoms with van der Waals surface area (Å²) in [5, 5.41) is 0. The van der Waals surface area contributed by atoms with Gasteiger partial charge in [0.1, 0.15) is 17.4 Å². The van der Waals surface area contributed by atoms with Gasteiger partial charge in [-0.2, -0.15) is 11.8 Å². The number of furan rings is 1. The molecule has 2 heterocycles. The van der Waals surface area contributed by atoms with Gasteiger partial charge < -0.3 is 14.1 Å². The maximum Gasteiger partial charge on any atom is 0.314 e. The molecule has 3 rings (SSSR count). The molecule has 162 valence electrons. The Hall–Kier alpha value is -2.35. The average Bonchev–Trinajstić information content (AvgIpc) is 3.19. The van der Waals surface area contributed by atoms with E-state index in [0.717, 1.165) is 6.07 Å². The van der Waals surface area contributed by atoms with Gasteiger partial charge in [0, 0.05) is 19.2 Å². The minimum Gasteiger partial charge on any atom is -0.466 e. The van der Waals surface area contributed by atoms with Gasteiger partial charge in [0.25, 0.3) is 5.91 Å². The minimum absolute atomic E-state index is 0.0254. The topological polar surface area (TPSA) is 59.8 Å². The van der Waals surface area contributed by atoms with E-state index in [1.165, 1.54) is 12.1 Å². The maximum atomic E-state index is 14.3. The monoisotopic (exact) mass is 437 g/mol. The zero-order valence-corrected chi connectivity index (χ0v) is 17.9. The Labute approximate surface area is 178 Å². The van der Waals surface area contributed by atoms with Gasteiger partial charge in [0.05, 0.1) is 17.8 Å². The van der Waals surface area contributed by atoms with Gasteiger partial charge in [0.15, 0.2) is 5.76 Å². The lowest BCUT2D eigenvalue weighted by Crippen LogP contribution is -2.51. The first-order valence-electron chi connectivity index (χ1n) is 9.86. The fourth-order valence-electron chi connectivity index (χ4n) is 3.87. The third kappa shape index (κ3) is 4.86. The minimum atomic E-state index is -1.10. The van der Waals surface area contributed by atoms with E-state index in [1.54, 1.807) is 35.7 Å². The largest absolute Gasteiger partial charge is 0.466 e. The van der Waals surface area contributed by atoms with Crippen LogP contribution in [0.5, 0.6) is 0 Å². The molecule has 5 nitrogen and oxygen atoms in total. The number of piperidine rings is 1. The van der Waals surface area contributed by atoms with Crippen molar-refractivity contribution >= 4 is 23.6 Å². The van der Waals surface area contributed by atoms with E-state index in [0.29, 0.717) is 30.9 Å². The van der Waals surface area contributed by atoms with Gasteiger partial charge in [-0.25, -0.2) is 8.78 Å². The van der Waals surface area contributed by atoms with Gasteiger partial charge in [-0.3, -0.25) is 9.59 Å². The third-order valence-electron chi connectivity index (χ3n) is 5.28. The van der Waals surface area contributed by atoms with E-state index < -0.39 is 23.0 Å². The summed E-state index contributed by atoms with van der Waals surface area (Å²) in [6.45, 7) is 2.42. The van der Waals surface area contributed by atoms with Gasteiger partial charge in [0.2, 0.25) is 0 Å². The van der Waals surface area contributed by atoms with Crippen LogP contribution >= 0.6 is 11.8 Å². The highest BCUT2D eigenvalue weighted by Crippen LogP contribution is 2.36. The summed E-state index contributed by atoms with van der Waals surface area (Å²) in [5.74, 6) is -0.608. The number of ether oxygens (including phenoxy) is 1. The molecule has 0 N–H and O–H groups in total. The van der Waals surface area contributed by atoms with Crippen molar-refractivity contribution in [2.75, 3.05) is 26.0 Å². The first kappa shape index (κ1) is 22.3. The van der Waals surface area contributed by atoms with Gasteiger partial charge >= 0.3 is 5.97 Å². The molecule has 1 saturated heterocycles. The Kier molecular flexibility index (Phi) is 7.18. The second-order valence-corrected chi connectivity index (χ2v) is 8.31. The van der Waals surface area contributed by atoms with E-state index in [-0.39, 0.29) is 36.8 Å². The second kappa shape index (κ2) is 9.64. The number of hydrogen-bond donors (Lipinski definition) is 0. The summed E-state index contributed by atoms with van der Waals surface area (Å²) in [6, 6.07) is 6.71. The van der Waals surface area contributed by atoms with Crippen LogP contribution in [0, 0.1) is 17.0 Å². The number of rotatable bonds is 7. The summed E-state index contributed by atoms with van der Waals surface area (Å²) >= 11 is 1.59. The molecule has 0 bridgehead atoms. The molecule has 30 heavy (non-hydrogen) atoms. The summed E-state index contributed by atoms with van der Waals surface area (Å²) in [4.78, 5) is 27.5. The van der Waals surface area contributed by atoms with Crippen LogP contribution in [0.1, 0.15) is 41.6 Å². The highest BCUT2D eigenvalue weighted by atomic mass is 32.2. The van der Waals surface area contributed by atoms with Crippen molar-refractivity contribution in [2.24, 2.45) is 5.41 Å². The van der Waals surface area contributed by atoms with Crippen LogP contribution in [0.2, 0.25) is 0 Å². The van der Waals surface area contributed by atoms with Crippen molar-refractivity contribution in [2.45, 2.75) is 31.9 Å². The molecule has 0 aliphatic carbocycles. The molecule has 2 aromatic rings. The van der Waals surface area contributed by atoms with Crippen molar-refractivity contribution in [1.82, 2.24) is 4.90 Å². The number of thioether (sulfide) groups is 1. The summed E-state index contributed by atoms with van der Waals surface area (Å²) in [7, 11) is 0. The Bertz CT molecular complexity index is 916. The normalized spacial score (nSPS) is 19.0. The Balaban J connectivity index is 1.86. The second-order valence-electron chi connectivity index (χ2n) is 7.44. The SMILES string of the molecule is CCOC(=O)[C@@]1(Cc2ccc(F)cc2F)CCCN(C(=O)c2ccc(CSC)o2)C1. The molecule has 0 saturated carbocycles. The standard InChI is InChI=1S/C22H25F2NO4S/c1-3-28-21(27)22(12-15-5-6-16(23)11-18(15)24)9-4-10-25(14-22)20(26)19-8-7-17(29-19)13-30-2/h5-8,11H,3-4,9-10,12-14H2,1-2H3/t22-/m1/s1. The van der Waals surface area contributed by atoms with E-state index in [4.69, 9.17) is 9.15 Å². The van der Waals surface area contributed by atoms with Crippen molar-refractivity contribution in [3.8, 4) is 0 Å². The number of amides is 1. The Morgan fingerprint density at radius 2 is 2.07 bits per heavy atom. The number of carbonyl (C=O) groups is 2. The number of esters is 1. The van der Waals surface area contributed by atoms with E-state index in [1.807, 2.05) is 6.26 Å². The molecule has 1 fully saturated rings. The van der Waals surface area contributed by atoms with E-state index in [9.17, 15) is 18.4 Å². The van der Waals surface area contributed by atoms with Crippen molar-refractivity contribution in [1.29, 1.82) is 0 Å². The number of nitrogens with zero attached hydrogens (tertiary/aromatic N) is 1. The molecule has 0 spiro atoms.